The molecule has 0 bridgehead atoms. The number of aromatic nitrogens is 1. The Morgan fingerprint density at radius 1 is 1.40 bits per heavy atom. The Kier molecular flexibility index (Phi) is 6.83. The summed E-state index contributed by atoms with van der Waals surface area (Å²) in [6.45, 7) is 1.84. The fourth-order valence-electron chi connectivity index (χ4n) is 1.39. The van der Waals surface area contributed by atoms with Gasteiger partial charge in [-0.3, -0.25) is 0 Å². The topological polar surface area (TPSA) is 60.2 Å². The summed E-state index contributed by atoms with van der Waals surface area (Å²) in [6.07, 6.45) is 4.72. The summed E-state index contributed by atoms with van der Waals surface area (Å²) in [5.41, 5.74) is 2.05. The molecule has 0 N–H and O–H groups in total. The molecule has 0 radical (unpaired) electrons. The third-order valence-electron chi connectivity index (χ3n) is 2.27. The SMILES string of the molecule is Cc1ccc(/C=C/c2nc(CCl)co2)c(F)c1.O=S=O. The van der Waals surface area contributed by atoms with Crippen LogP contribution in [-0.4, -0.2) is 13.4 Å². The summed E-state index contributed by atoms with van der Waals surface area (Å²) in [5.74, 6) is 0.460. The molecule has 0 fully saturated rings. The summed E-state index contributed by atoms with van der Waals surface area (Å²) in [4.78, 5) is 4.08. The van der Waals surface area contributed by atoms with Crippen LogP contribution in [0.3, 0.4) is 0 Å². The van der Waals surface area contributed by atoms with Crippen LogP contribution in [0.15, 0.2) is 28.9 Å². The summed E-state index contributed by atoms with van der Waals surface area (Å²) >= 11 is 4.84. The Labute approximate surface area is 123 Å². The number of halogens is 2. The Hall–Kier alpha value is -1.79. The van der Waals surface area contributed by atoms with E-state index in [1.807, 2.05) is 13.0 Å². The van der Waals surface area contributed by atoms with Crippen LogP contribution >= 0.6 is 11.6 Å². The van der Waals surface area contributed by atoms with E-state index < -0.39 is 11.6 Å². The van der Waals surface area contributed by atoms with Gasteiger partial charge in [-0.1, -0.05) is 12.1 Å². The van der Waals surface area contributed by atoms with Gasteiger partial charge in [0.2, 0.25) is 5.89 Å². The van der Waals surface area contributed by atoms with Gasteiger partial charge in [0, 0.05) is 11.6 Å². The van der Waals surface area contributed by atoms with Crippen molar-refractivity contribution in [3.8, 4) is 0 Å². The minimum absolute atomic E-state index is 0.259. The van der Waals surface area contributed by atoms with Crippen molar-refractivity contribution in [2.45, 2.75) is 12.8 Å². The first-order valence-corrected chi connectivity index (χ1v) is 6.67. The molecule has 0 spiro atoms. The summed E-state index contributed by atoms with van der Waals surface area (Å²) < 4.78 is 35.2. The number of benzene rings is 1. The smallest absolute Gasteiger partial charge is 0.335 e. The molecule has 1 aromatic carbocycles. The molecule has 1 heterocycles. The van der Waals surface area contributed by atoms with Crippen LogP contribution in [0.4, 0.5) is 4.39 Å². The van der Waals surface area contributed by atoms with Gasteiger partial charge in [0.05, 0.1) is 11.6 Å². The Bertz CT molecular complexity index is 636. The van der Waals surface area contributed by atoms with E-state index in [1.165, 1.54) is 12.3 Å². The largest absolute Gasteiger partial charge is 0.445 e. The second kappa shape index (κ2) is 8.39. The van der Waals surface area contributed by atoms with Gasteiger partial charge in [-0.25, -0.2) is 9.37 Å². The maximum atomic E-state index is 13.5. The van der Waals surface area contributed by atoms with Gasteiger partial charge >= 0.3 is 11.6 Å². The predicted molar refractivity (Wildman–Crippen MR) is 75.0 cm³/mol. The van der Waals surface area contributed by atoms with E-state index >= 15 is 0 Å². The third kappa shape index (κ3) is 5.07. The van der Waals surface area contributed by atoms with Gasteiger partial charge in [-0.05, 0) is 24.6 Å². The Balaban J connectivity index is 0.000000612. The zero-order valence-electron chi connectivity index (χ0n) is 10.5. The molecule has 0 amide bonds. The highest BCUT2D eigenvalue weighted by Gasteiger charge is 2.01. The minimum atomic E-state index is -0.750. The summed E-state index contributed by atoms with van der Waals surface area (Å²) in [5, 5.41) is 0. The maximum absolute atomic E-state index is 13.5. The first-order chi connectivity index (χ1) is 9.60. The van der Waals surface area contributed by atoms with Crippen molar-refractivity contribution in [2.24, 2.45) is 0 Å². The Morgan fingerprint density at radius 3 is 2.65 bits per heavy atom. The zero-order chi connectivity index (χ0) is 15.0. The second-order valence-corrected chi connectivity index (χ2v) is 4.14. The monoisotopic (exact) mass is 315 g/mol. The normalized spacial score (nSPS) is 10.2. The summed E-state index contributed by atoms with van der Waals surface area (Å²) in [7, 11) is 0. The zero-order valence-corrected chi connectivity index (χ0v) is 12.1. The maximum Gasteiger partial charge on any atom is 0.335 e. The van der Waals surface area contributed by atoms with Crippen molar-refractivity contribution in [3.63, 3.8) is 0 Å². The number of rotatable bonds is 3. The predicted octanol–water partition coefficient (Wildman–Crippen LogP) is 3.36. The number of hydrogen-bond acceptors (Lipinski definition) is 4. The lowest BCUT2D eigenvalue weighted by Crippen LogP contribution is -1.83. The van der Waals surface area contributed by atoms with Crippen molar-refractivity contribution in [1.29, 1.82) is 0 Å². The first-order valence-electron chi connectivity index (χ1n) is 5.47. The van der Waals surface area contributed by atoms with E-state index in [0.717, 1.165) is 5.56 Å². The van der Waals surface area contributed by atoms with Crippen LogP contribution in [0.25, 0.3) is 12.2 Å². The van der Waals surface area contributed by atoms with Gasteiger partial charge in [-0.15, -0.1) is 11.6 Å². The van der Waals surface area contributed by atoms with Gasteiger partial charge in [-0.2, -0.15) is 8.42 Å². The second-order valence-electron chi connectivity index (χ2n) is 3.74. The van der Waals surface area contributed by atoms with Crippen molar-refractivity contribution >= 4 is 35.3 Å². The standard InChI is InChI=1S/C13H11ClFNO.O2S/c1-9-2-3-10(12(15)6-9)4-5-13-16-11(7-14)8-17-13;1-3-2/h2-6,8H,7H2,1H3;/b5-4+;. The van der Waals surface area contributed by atoms with E-state index in [9.17, 15) is 4.39 Å². The molecule has 0 aliphatic heterocycles. The van der Waals surface area contributed by atoms with Crippen molar-refractivity contribution in [2.75, 3.05) is 0 Å². The molecule has 0 aliphatic rings. The fraction of sp³-hybridized carbons (Fsp3) is 0.154. The van der Waals surface area contributed by atoms with Gasteiger partial charge < -0.3 is 4.42 Å². The molecule has 7 heteroatoms. The van der Waals surface area contributed by atoms with Crippen LogP contribution in [0.5, 0.6) is 0 Å². The van der Waals surface area contributed by atoms with Crippen LogP contribution in [0.2, 0.25) is 0 Å². The molecular formula is C13H11ClFNO3S. The molecule has 4 nitrogen and oxygen atoms in total. The average Bonchev–Trinajstić information content (AvgIpc) is 2.87. The first kappa shape index (κ1) is 16.3. The summed E-state index contributed by atoms with van der Waals surface area (Å²) in [6, 6.07) is 5.05. The van der Waals surface area contributed by atoms with Crippen LogP contribution in [-0.2, 0) is 17.5 Å². The highest BCUT2D eigenvalue weighted by atomic mass is 35.5. The lowest BCUT2D eigenvalue weighted by molar-refractivity contribution is 0.546. The van der Waals surface area contributed by atoms with E-state index in [-0.39, 0.29) is 5.82 Å². The van der Waals surface area contributed by atoms with E-state index in [4.69, 9.17) is 24.4 Å². The number of alkyl halides is 1. The Morgan fingerprint density at radius 2 is 2.10 bits per heavy atom. The average molecular weight is 316 g/mol. The quantitative estimate of drug-likeness (QED) is 0.815. The van der Waals surface area contributed by atoms with Crippen LogP contribution in [0, 0.1) is 12.7 Å². The minimum Gasteiger partial charge on any atom is -0.445 e. The molecule has 0 atom stereocenters. The molecule has 2 aromatic rings. The highest BCUT2D eigenvalue weighted by molar-refractivity contribution is 7.51. The lowest BCUT2D eigenvalue weighted by Gasteiger charge is -1.97. The van der Waals surface area contributed by atoms with Crippen LogP contribution < -0.4 is 0 Å². The van der Waals surface area contributed by atoms with Crippen molar-refractivity contribution in [1.82, 2.24) is 4.98 Å². The lowest BCUT2D eigenvalue weighted by atomic mass is 10.1. The molecule has 0 saturated carbocycles. The third-order valence-corrected chi connectivity index (χ3v) is 2.54. The molecule has 2 rings (SSSR count). The van der Waals surface area contributed by atoms with E-state index in [0.29, 0.717) is 23.0 Å². The molecule has 20 heavy (non-hydrogen) atoms. The number of nitrogens with zero attached hydrogens (tertiary/aromatic N) is 1. The van der Waals surface area contributed by atoms with E-state index in [1.54, 1.807) is 18.2 Å². The molecule has 0 saturated heterocycles. The molecule has 0 unspecified atom stereocenters. The van der Waals surface area contributed by atoms with Crippen molar-refractivity contribution < 1.29 is 17.2 Å². The van der Waals surface area contributed by atoms with Gasteiger partial charge in [0.15, 0.2) is 0 Å². The number of hydrogen-bond donors (Lipinski definition) is 0. The van der Waals surface area contributed by atoms with Gasteiger partial charge in [0.25, 0.3) is 0 Å². The fourth-order valence-corrected chi connectivity index (χ4v) is 1.51. The molecule has 106 valence electrons. The number of oxazole rings is 1. The molecule has 0 aliphatic carbocycles. The van der Waals surface area contributed by atoms with Gasteiger partial charge in [0.1, 0.15) is 12.1 Å². The van der Waals surface area contributed by atoms with Crippen molar-refractivity contribution in [3.05, 3.63) is 53.0 Å². The highest BCUT2D eigenvalue weighted by Crippen LogP contribution is 2.14. The van der Waals surface area contributed by atoms with E-state index in [2.05, 4.69) is 4.98 Å². The van der Waals surface area contributed by atoms with Crippen LogP contribution in [0.1, 0.15) is 22.7 Å². The molecule has 1 aromatic heterocycles. The number of aryl methyl sites for hydroxylation is 1. The molecular weight excluding hydrogens is 305 g/mol.